The molecule has 0 saturated carbocycles. The zero-order valence-corrected chi connectivity index (χ0v) is 15.6. The van der Waals surface area contributed by atoms with Gasteiger partial charge >= 0.3 is 0 Å². The molecular weight excluding hydrogens is 396 g/mol. The predicted molar refractivity (Wildman–Crippen MR) is 97.0 cm³/mol. The molecular formula is C16H15ClN4O5S. The SMILES string of the molecule is O=C(c1ccnc(Cl)c1)N1CCN(S(=O)(=O)c2cccc([N+](=O)[O-])c2)CC1. The fourth-order valence-corrected chi connectivity index (χ4v) is 4.39. The molecule has 1 aromatic carbocycles. The second-order valence-electron chi connectivity index (χ2n) is 5.82. The van der Waals surface area contributed by atoms with Crippen LogP contribution in [0.1, 0.15) is 10.4 Å². The van der Waals surface area contributed by atoms with E-state index in [4.69, 9.17) is 11.6 Å². The number of non-ortho nitro benzene ring substituents is 1. The van der Waals surface area contributed by atoms with E-state index in [1.165, 1.54) is 39.7 Å². The number of rotatable bonds is 4. The first-order valence-electron chi connectivity index (χ1n) is 7.94. The van der Waals surface area contributed by atoms with E-state index >= 15 is 0 Å². The van der Waals surface area contributed by atoms with Crippen LogP contribution in [0.25, 0.3) is 0 Å². The number of pyridine rings is 1. The molecule has 3 rings (SSSR count). The molecule has 0 radical (unpaired) electrons. The minimum Gasteiger partial charge on any atom is -0.336 e. The fourth-order valence-electron chi connectivity index (χ4n) is 2.76. The third-order valence-electron chi connectivity index (χ3n) is 4.17. The van der Waals surface area contributed by atoms with Crippen LogP contribution < -0.4 is 0 Å². The number of aromatic nitrogens is 1. The van der Waals surface area contributed by atoms with Crippen LogP contribution in [0.3, 0.4) is 0 Å². The van der Waals surface area contributed by atoms with Gasteiger partial charge < -0.3 is 4.90 Å². The van der Waals surface area contributed by atoms with E-state index in [9.17, 15) is 23.3 Å². The summed E-state index contributed by atoms with van der Waals surface area (Å²) < 4.78 is 26.7. The second-order valence-corrected chi connectivity index (χ2v) is 8.14. The molecule has 0 atom stereocenters. The van der Waals surface area contributed by atoms with Crippen molar-refractivity contribution in [1.29, 1.82) is 0 Å². The number of nitro benzene ring substituents is 1. The molecule has 1 aliphatic rings. The summed E-state index contributed by atoms with van der Waals surface area (Å²) in [5.74, 6) is -0.258. The van der Waals surface area contributed by atoms with Crippen molar-refractivity contribution < 1.29 is 18.1 Å². The molecule has 2 aromatic rings. The molecule has 1 aromatic heterocycles. The molecule has 11 heteroatoms. The van der Waals surface area contributed by atoms with Gasteiger partial charge in [0.25, 0.3) is 11.6 Å². The van der Waals surface area contributed by atoms with Crippen molar-refractivity contribution in [1.82, 2.24) is 14.2 Å². The highest BCUT2D eigenvalue weighted by molar-refractivity contribution is 7.89. The first-order chi connectivity index (χ1) is 12.8. The number of nitrogens with zero attached hydrogens (tertiary/aromatic N) is 4. The van der Waals surface area contributed by atoms with Gasteiger partial charge in [-0.25, -0.2) is 13.4 Å². The van der Waals surface area contributed by atoms with Crippen molar-refractivity contribution in [3.05, 3.63) is 63.4 Å². The maximum atomic E-state index is 12.7. The van der Waals surface area contributed by atoms with Gasteiger partial charge in [-0.1, -0.05) is 17.7 Å². The van der Waals surface area contributed by atoms with E-state index in [0.717, 1.165) is 6.07 Å². The van der Waals surface area contributed by atoms with Crippen LogP contribution in [-0.2, 0) is 10.0 Å². The van der Waals surface area contributed by atoms with Crippen molar-refractivity contribution in [3.8, 4) is 0 Å². The number of carbonyl (C=O) groups excluding carboxylic acids is 1. The minimum atomic E-state index is -3.88. The molecule has 142 valence electrons. The molecule has 0 unspecified atom stereocenters. The Morgan fingerprint density at radius 1 is 1.15 bits per heavy atom. The quantitative estimate of drug-likeness (QED) is 0.431. The lowest BCUT2D eigenvalue weighted by Crippen LogP contribution is -2.50. The molecule has 2 heterocycles. The van der Waals surface area contributed by atoms with Crippen molar-refractivity contribution in [3.63, 3.8) is 0 Å². The van der Waals surface area contributed by atoms with Gasteiger partial charge in [-0.2, -0.15) is 4.31 Å². The van der Waals surface area contributed by atoms with E-state index in [0.29, 0.717) is 5.56 Å². The molecule has 1 aliphatic heterocycles. The Bertz CT molecular complexity index is 990. The Balaban J connectivity index is 1.72. The van der Waals surface area contributed by atoms with E-state index in [1.54, 1.807) is 6.07 Å². The third kappa shape index (κ3) is 4.07. The largest absolute Gasteiger partial charge is 0.336 e. The predicted octanol–water partition coefficient (Wildman–Crippen LogP) is 1.79. The van der Waals surface area contributed by atoms with Crippen LogP contribution in [0.2, 0.25) is 5.15 Å². The second kappa shape index (κ2) is 7.59. The van der Waals surface area contributed by atoms with Gasteiger partial charge in [-0.05, 0) is 18.2 Å². The van der Waals surface area contributed by atoms with E-state index in [-0.39, 0.29) is 47.8 Å². The number of carbonyl (C=O) groups is 1. The first kappa shape index (κ1) is 19.2. The summed E-state index contributed by atoms with van der Waals surface area (Å²) in [5.41, 5.74) is 0.0874. The first-order valence-corrected chi connectivity index (χ1v) is 9.76. The average Bonchev–Trinajstić information content (AvgIpc) is 2.67. The standard InChI is InChI=1S/C16H15ClN4O5S/c17-15-10-12(4-5-18-15)16(22)19-6-8-20(9-7-19)27(25,26)14-3-1-2-13(11-14)21(23)24/h1-5,10-11H,6-9H2. The molecule has 0 bridgehead atoms. The van der Waals surface area contributed by atoms with Gasteiger partial charge in [-0.3, -0.25) is 14.9 Å². The van der Waals surface area contributed by atoms with Crippen LogP contribution in [0.5, 0.6) is 0 Å². The molecule has 1 saturated heterocycles. The Morgan fingerprint density at radius 2 is 1.85 bits per heavy atom. The summed E-state index contributed by atoms with van der Waals surface area (Å²) in [6, 6.07) is 7.91. The van der Waals surface area contributed by atoms with Crippen LogP contribution in [0.15, 0.2) is 47.5 Å². The summed E-state index contributed by atoms with van der Waals surface area (Å²) in [6.45, 7) is 0.588. The molecule has 0 aliphatic carbocycles. The summed E-state index contributed by atoms with van der Waals surface area (Å²) in [5, 5.41) is 11.1. The number of hydrogen-bond donors (Lipinski definition) is 0. The van der Waals surface area contributed by atoms with Gasteiger partial charge in [0.2, 0.25) is 10.0 Å². The Hall–Kier alpha value is -2.56. The van der Waals surface area contributed by atoms with Gasteiger partial charge in [0.1, 0.15) is 5.15 Å². The molecule has 0 N–H and O–H groups in total. The normalized spacial score (nSPS) is 15.5. The number of sulfonamides is 1. The monoisotopic (exact) mass is 410 g/mol. The maximum Gasteiger partial charge on any atom is 0.270 e. The minimum absolute atomic E-state index is 0.0928. The molecule has 1 amide bonds. The summed E-state index contributed by atoms with van der Waals surface area (Å²) >= 11 is 5.80. The lowest BCUT2D eigenvalue weighted by atomic mass is 10.2. The molecule has 1 fully saturated rings. The van der Waals surface area contributed by atoms with Gasteiger partial charge in [-0.15, -0.1) is 0 Å². The fraction of sp³-hybridized carbons (Fsp3) is 0.250. The highest BCUT2D eigenvalue weighted by Crippen LogP contribution is 2.22. The average molecular weight is 411 g/mol. The zero-order valence-electron chi connectivity index (χ0n) is 14.0. The van der Waals surface area contributed by atoms with E-state index < -0.39 is 14.9 Å². The topological polar surface area (TPSA) is 114 Å². The van der Waals surface area contributed by atoms with Crippen molar-refractivity contribution in [2.75, 3.05) is 26.2 Å². The molecule has 9 nitrogen and oxygen atoms in total. The number of nitro groups is 1. The van der Waals surface area contributed by atoms with E-state index in [2.05, 4.69) is 4.98 Å². The highest BCUT2D eigenvalue weighted by Gasteiger charge is 2.31. The van der Waals surface area contributed by atoms with Crippen LogP contribution in [0.4, 0.5) is 5.69 Å². The lowest BCUT2D eigenvalue weighted by Gasteiger charge is -2.34. The molecule has 27 heavy (non-hydrogen) atoms. The van der Waals surface area contributed by atoms with Crippen molar-refractivity contribution >= 4 is 33.2 Å². The van der Waals surface area contributed by atoms with Crippen LogP contribution in [-0.4, -0.2) is 59.6 Å². The number of halogens is 1. The summed E-state index contributed by atoms with van der Waals surface area (Å²) in [7, 11) is -3.88. The Morgan fingerprint density at radius 3 is 2.48 bits per heavy atom. The number of piperazine rings is 1. The third-order valence-corrected chi connectivity index (χ3v) is 6.27. The highest BCUT2D eigenvalue weighted by atomic mass is 35.5. The van der Waals surface area contributed by atoms with Crippen molar-refractivity contribution in [2.24, 2.45) is 0 Å². The summed E-state index contributed by atoms with van der Waals surface area (Å²) in [6.07, 6.45) is 1.43. The number of amides is 1. The number of benzene rings is 1. The van der Waals surface area contributed by atoms with Crippen LogP contribution >= 0.6 is 11.6 Å². The van der Waals surface area contributed by atoms with Crippen molar-refractivity contribution in [2.45, 2.75) is 4.90 Å². The van der Waals surface area contributed by atoms with Gasteiger partial charge in [0.15, 0.2) is 0 Å². The Kier molecular flexibility index (Phi) is 5.40. The zero-order chi connectivity index (χ0) is 19.6. The molecule has 0 spiro atoms. The Labute approximate surface area is 160 Å². The number of hydrogen-bond acceptors (Lipinski definition) is 6. The maximum absolute atomic E-state index is 12.7. The smallest absolute Gasteiger partial charge is 0.270 e. The lowest BCUT2D eigenvalue weighted by molar-refractivity contribution is -0.385. The van der Waals surface area contributed by atoms with E-state index in [1.807, 2.05) is 0 Å². The summed E-state index contributed by atoms with van der Waals surface area (Å²) in [4.78, 5) is 27.9. The van der Waals surface area contributed by atoms with Gasteiger partial charge in [0, 0.05) is 50.1 Å². The van der Waals surface area contributed by atoms with Crippen LogP contribution in [0, 0.1) is 10.1 Å². The van der Waals surface area contributed by atoms with Gasteiger partial charge in [0.05, 0.1) is 9.82 Å².